The van der Waals surface area contributed by atoms with Gasteiger partial charge in [-0.25, -0.2) is 4.98 Å². The summed E-state index contributed by atoms with van der Waals surface area (Å²) in [6.45, 7) is 1.76. The molecule has 8 heteroatoms. The quantitative estimate of drug-likeness (QED) is 0.856. The van der Waals surface area contributed by atoms with E-state index in [0.29, 0.717) is 19.0 Å². The molecule has 3 rings (SSSR count). The second kappa shape index (κ2) is 9.15. The first-order chi connectivity index (χ1) is 9.81. The SMILES string of the molecule is Cl.Cl.O=C(Cc1csc(-c2ccoc2)n1)NCC1CCCN1. The Balaban J connectivity index is 0.00000121. The number of furan rings is 1. The second-order valence-electron chi connectivity index (χ2n) is 4.93. The third-order valence-electron chi connectivity index (χ3n) is 3.37. The standard InChI is InChI=1S/C14H17N3O2S.2ClH/c18-13(16-7-11-2-1-4-15-11)6-12-9-20-14(17-12)10-3-5-19-8-10;;/h3,5,8-9,11,15H,1-2,4,6-7H2,(H,16,18);2*1H. The molecule has 3 heterocycles. The van der Waals surface area contributed by atoms with E-state index in [0.717, 1.165) is 29.2 Å². The number of aromatic nitrogens is 1. The predicted molar refractivity (Wildman–Crippen MR) is 92.1 cm³/mol. The third kappa shape index (κ3) is 4.98. The van der Waals surface area contributed by atoms with Crippen molar-refractivity contribution in [2.75, 3.05) is 13.1 Å². The first-order valence-electron chi connectivity index (χ1n) is 6.78. The highest BCUT2D eigenvalue weighted by Crippen LogP contribution is 2.24. The molecule has 2 aromatic rings. The van der Waals surface area contributed by atoms with Crippen molar-refractivity contribution < 1.29 is 9.21 Å². The fourth-order valence-electron chi connectivity index (χ4n) is 2.30. The van der Waals surface area contributed by atoms with Crippen molar-refractivity contribution in [3.05, 3.63) is 29.7 Å². The van der Waals surface area contributed by atoms with Crippen molar-refractivity contribution in [1.82, 2.24) is 15.6 Å². The van der Waals surface area contributed by atoms with Crippen LogP contribution in [0.25, 0.3) is 10.6 Å². The molecular weight excluding hydrogens is 345 g/mol. The van der Waals surface area contributed by atoms with Crippen molar-refractivity contribution in [3.8, 4) is 10.6 Å². The Morgan fingerprint density at radius 2 is 2.36 bits per heavy atom. The predicted octanol–water partition coefficient (Wildman–Crippen LogP) is 2.66. The highest BCUT2D eigenvalue weighted by atomic mass is 35.5. The molecule has 0 aliphatic carbocycles. The smallest absolute Gasteiger partial charge is 0.226 e. The molecule has 0 bridgehead atoms. The van der Waals surface area contributed by atoms with Gasteiger partial charge in [0.05, 0.1) is 18.4 Å². The number of thiazole rings is 1. The molecule has 0 spiro atoms. The van der Waals surface area contributed by atoms with Gasteiger partial charge in [-0.15, -0.1) is 36.2 Å². The molecule has 1 saturated heterocycles. The largest absolute Gasteiger partial charge is 0.472 e. The van der Waals surface area contributed by atoms with Gasteiger partial charge in [0.2, 0.25) is 5.91 Å². The van der Waals surface area contributed by atoms with E-state index >= 15 is 0 Å². The molecular formula is C14H19Cl2N3O2S. The molecule has 2 N–H and O–H groups in total. The van der Waals surface area contributed by atoms with Crippen LogP contribution in [0, 0.1) is 0 Å². The van der Waals surface area contributed by atoms with Crippen LogP contribution in [-0.4, -0.2) is 30.0 Å². The van der Waals surface area contributed by atoms with Crippen LogP contribution >= 0.6 is 36.2 Å². The molecule has 0 saturated carbocycles. The van der Waals surface area contributed by atoms with Gasteiger partial charge < -0.3 is 15.1 Å². The van der Waals surface area contributed by atoms with Crippen LogP contribution in [0.15, 0.2) is 28.4 Å². The molecule has 5 nitrogen and oxygen atoms in total. The van der Waals surface area contributed by atoms with Crippen LogP contribution in [0.4, 0.5) is 0 Å². The van der Waals surface area contributed by atoms with Gasteiger partial charge in [0.25, 0.3) is 0 Å². The van der Waals surface area contributed by atoms with E-state index in [2.05, 4.69) is 15.6 Å². The maximum atomic E-state index is 11.9. The monoisotopic (exact) mass is 363 g/mol. The van der Waals surface area contributed by atoms with Gasteiger partial charge in [0, 0.05) is 23.5 Å². The minimum absolute atomic E-state index is 0. The number of nitrogens with one attached hydrogen (secondary N) is 2. The molecule has 22 heavy (non-hydrogen) atoms. The third-order valence-corrected chi connectivity index (χ3v) is 4.31. The molecule has 1 aliphatic heterocycles. The summed E-state index contributed by atoms with van der Waals surface area (Å²) in [5, 5.41) is 9.14. The summed E-state index contributed by atoms with van der Waals surface area (Å²) in [6, 6.07) is 2.30. The van der Waals surface area contributed by atoms with Crippen LogP contribution in [0.5, 0.6) is 0 Å². The fraction of sp³-hybridized carbons (Fsp3) is 0.429. The molecule has 0 radical (unpaired) electrons. The van der Waals surface area contributed by atoms with Gasteiger partial charge in [0.1, 0.15) is 11.3 Å². The minimum atomic E-state index is 0. The molecule has 1 atom stereocenters. The lowest BCUT2D eigenvalue weighted by atomic mass is 10.2. The Morgan fingerprint density at radius 1 is 1.50 bits per heavy atom. The number of halogens is 2. The molecule has 1 fully saturated rings. The number of carbonyl (C=O) groups excluding carboxylic acids is 1. The summed E-state index contributed by atoms with van der Waals surface area (Å²) in [5.74, 6) is 0.0303. The fourth-order valence-corrected chi connectivity index (χ4v) is 3.11. The molecule has 122 valence electrons. The first-order valence-corrected chi connectivity index (χ1v) is 7.66. The summed E-state index contributed by atoms with van der Waals surface area (Å²) in [4.78, 5) is 16.3. The summed E-state index contributed by atoms with van der Waals surface area (Å²) in [5.41, 5.74) is 1.76. The van der Waals surface area contributed by atoms with Crippen LogP contribution in [0.2, 0.25) is 0 Å². The van der Waals surface area contributed by atoms with Crippen molar-refractivity contribution >= 4 is 42.1 Å². The summed E-state index contributed by atoms with van der Waals surface area (Å²) >= 11 is 1.53. The van der Waals surface area contributed by atoms with Crippen molar-refractivity contribution in [1.29, 1.82) is 0 Å². The second-order valence-corrected chi connectivity index (χ2v) is 5.79. The number of nitrogens with zero attached hydrogens (tertiary/aromatic N) is 1. The number of amides is 1. The summed E-state index contributed by atoms with van der Waals surface area (Å²) in [7, 11) is 0. The van der Waals surface area contributed by atoms with Gasteiger partial charge in [-0.05, 0) is 25.5 Å². The lowest BCUT2D eigenvalue weighted by molar-refractivity contribution is -0.120. The number of hydrogen-bond acceptors (Lipinski definition) is 5. The Kier molecular flexibility index (Phi) is 7.89. The van der Waals surface area contributed by atoms with E-state index < -0.39 is 0 Å². The summed E-state index contributed by atoms with van der Waals surface area (Å²) < 4.78 is 5.04. The van der Waals surface area contributed by atoms with Crippen LogP contribution < -0.4 is 10.6 Å². The lowest BCUT2D eigenvalue weighted by Gasteiger charge is -2.10. The van der Waals surface area contributed by atoms with E-state index in [1.165, 1.54) is 17.8 Å². The van der Waals surface area contributed by atoms with E-state index in [1.54, 1.807) is 12.5 Å². The maximum absolute atomic E-state index is 11.9. The van der Waals surface area contributed by atoms with Gasteiger partial charge in [-0.3, -0.25) is 4.79 Å². The average Bonchev–Trinajstić information content (AvgIpc) is 3.18. The Labute approximate surface area is 145 Å². The topological polar surface area (TPSA) is 67.2 Å². The average molecular weight is 364 g/mol. The lowest BCUT2D eigenvalue weighted by Crippen LogP contribution is -2.37. The number of carbonyl (C=O) groups is 1. The van der Waals surface area contributed by atoms with Crippen molar-refractivity contribution in [2.24, 2.45) is 0 Å². The van der Waals surface area contributed by atoms with Gasteiger partial charge in [-0.1, -0.05) is 0 Å². The van der Waals surface area contributed by atoms with E-state index in [-0.39, 0.29) is 30.7 Å². The van der Waals surface area contributed by atoms with Crippen molar-refractivity contribution in [3.63, 3.8) is 0 Å². The highest BCUT2D eigenvalue weighted by Gasteiger charge is 2.15. The maximum Gasteiger partial charge on any atom is 0.226 e. The Hall–Kier alpha value is -1.08. The Bertz CT molecular complexity index is 568. The van der Waals surface area contributed by atoms with Gasteiger partial charge in [0.15, 0.2) is 0 Å². The van der Waals surface area contributed by atoms with Crippen molar-refractivity contribution in [2.45, 2.75) is 25.3 Å². The zero-order chi connectivity index (χ0) is 13.8. The van der Waals surface area contributed by atoms with E-state index in [1.807, 2.05) is 11.4 Å². The van der Waals surface area contributed by atoms with Gasteiger partial charge in [-0.2, -0.15) is 0 Å². The van der Waals surface area contributed by atoms with Crippen LogP contribution in [0.1, 0.15) is 18.5 Å². The van der Waals surface area contributed by atoms with Gasteiger partial charge >= 0.3 is 0 Å². The molecule has 2 aromatic heterocycles. The highest BCUT2D eigenvalue weighted by molar-refractivity contribution is 7.13. The normalized spacial score (nSPS) is 16.6. The van der Waals surface area contributed by atoms with E-state index in [9.17, 15) is 4.79 Å². The molecule has 1 aliphatic rings. The molecule has 1 amide bonds. The molecule has 0 aromatic carbocycles. The van der Waals surface area contributed by atoms with Crippen LogP contribution in [-0.2, 0) is 11.2 Å². The number of rotatable bonds is 5. The summed E-state index contributed by atoms with van der Waals surface area (Å²) in [6.07, 6.45) is 5.95. The zero-order valence-electron chi connectivity index (χ0n) is 11.9. The number of hydrogen-bond donors (Lipinski definition) is 2. The first kappa shape index (κ1) is 19.0. The van der Waals surface area contributed by atoms with E-state index in [4.69, 9.17) is 4.42 Å². The zero-order valence-corrected chi connectivity index (χ0v) is 14.4. The minimum Gasteiger partial charge on any atom is -0.472 e. The Morgan fingerprint density at radius 3 is 3.05 bits per heavy atom. The molecule has 1 unspecified atom stereocenters. The van der Waals surface area contributed by atoms with Crippen LogP contribution in [0.3, 0.4) is 0 Å².